The van der Waals surface area contributed by atoms with Gasteiger partial charge in [-0.25, -0.2) is 31.3 Å². The summed E-state index contributed by atoms with van der Waals surface area (Å²) >= 11 is 0. The highest BCUT2D eigenvalue weighted by Crippen LogP contribution is 2.18. The van der Waals surface area contributed by atoms with Gasteiger partial charge in [0.2, 0.25) is 11.8 Å². The number of nitrogens with two attached hydrogens (primary N) is 2. The molecule has 6 atom stereocenters. The molecule has 48 heavy (non-hydrogen) atoms. The molecule has 0 saturated carbocycles. The van der Waals surface area contributed by atoms with Crippen LogP contribution in [0.4, 0.5) is 9.59 Å². The molecule has 8 N–H and O–H groups in total. The van der Waals surface area contributed by atoms with E-state index in [0.29, 0.717) is 10.0 Å². The molecule has 0 aliphatic rings. The van der Waals surface area contributed by atoms with Crippen molar-refractivity contribution in [2.45, 2.75) is 104 Å². The van der Waals surface area contributed by atoms with Gasteiger partial charge >= 0.3 is 12.2 Å². The van der Waals surface area contributed by atoms with Crippen LogP contribution in [0, 0.1) is 11.8 Å². The van der Waals surface area contributed by atoms with Gasteiger partial charge in [0.25, 0.3) is 0 Å². The fraction of sp³-hybridized carbons (Fsp3) is 0.529. The van der Waals surface area contributed by atoms with Crippen LogP contribution >= 0.6 is 0 Å². The van der Waals surface area contributed by atoms with Crippen LogP contribution in [0.5, 0.6) is 0 Å². The van der Waals surface area contributed by atoms with Crippen molar-refractivity contribution < 1.29 is 38.9 Å². The number of nitrogens with one attached hydrogen (secondary N) is 2. The number of rotatable bonds is 17. The van der Waals surface area contributed by atoms with E-state index < -0.39 is 60.4 Å². The Bertz CT molecular complexity index is 1200. The van der Waals surface area contributed by atoms with E-state index in [0.717, 1.165) is 11.1 Å². The van der Waals surface area contributed by atoms with Crippen LogP contribution < -0.4 is 22.3 Å². The summed E-state index contributed by atoms with van der Waals surface area (Å²) in [5.74, 6) is 10.4. The van der Waals surface area contributed by atoms with E-state index >= 15 is 0 Å². The molecule has 4 amide bonds. The molecule has 0 bridgehead atoms. The van der Waals surface area contributed by atoms with Gasteiger partial charge in [-0.2, -0.15) is 0 Å². The molecule has 2 aromatic rings. The number of nitrogens with zero attached hydrogens (tertiary/aromatic N) is 2. The van der Waals surface area contributed by atoms with Crippen LogP contribution in [0.15, 0.2) is 60.7 Å². The molecule has 0 aliphatic heterocycles. The Labute approximate surface area is 282 Å². The molecule has 2 aromatic carbocycles. The Kier molecular flexibility index (Phi) is 16.3. The predicted octanol–water partition coefficient (Wildman–Crippen LogP) is 2.57. The predicted molar refractivity (Wildman–Crippen MR) is 179 cm³/mol. The molecule has 2 unspecified atom stereocenters. The van der Waals surface area contributed by atoms with Crippen molar-refractivity contribution >= 4 is 24.0 Å². The SMILES string of the molecule is CC(C)C[C@H](NC(=O)C(C)N(N)C(=O)OCc1ccccc1)[C@@H](O)[C@H](O)[C@H](CC(C)C)NC(=O)C(C)N(N)C(=O)OCc1ccccc1. The number of hydrogen-bond donors (Lipinski definition) is 6. The van der Waals surface area contributed by atoms with Crippen LogP contribution in [0.1, 0.15) is 65.5 Å². The number of aliphatic hydroxyl groups excluding tert-OH is 2. The van der Waals surface area contributed by atoms with E-state index in [1.165, 1.54) is 13.8 Å². The Morgan fingerprint density at radius 3 is 1.23 bits per heavy atom. The smallest absolute Gasteiger partial charge is 0.425 e. The summed E-state index contributed by atoms with van der Waals surface area (Å²) in [5.41, 5.74) is 1.48. The van der Waals surface area contributed by atoms with Crippen LogP contribution in [0.25, 0.3) is 0 Å². The molecule has 0 radical (unpaired) electrons. The number of carbonyl (C=O) groups is 4. The lowest BCUT2D eigenvalue weighted by molar-refractivity contribution is -0.131. The number of ether oxygens (including phenoxy) is 2. The molecule has 266 valence electrons. The van der Waals surface area contributed by atoms with Gasteiger partial charge in [0.15, 0.2) is 0 Å². The number of carbonyl (C=O) groups excluding carboxylic acids is 4. The van der Waals surface area contributed by atoms with Gasteiger partial charge in [-0.15, -0.1) is 0 Å². The second-order valence-corrected chi connectivity index (χ2v) is 12.7. The number of aliphatic hydroxyl groups is 2. The minimum atomic E-state index is -1.54. The fourth-order valence-corrected chi connectivity index (χ4v) is 4.82. The van der Waals surface area contributed by atoms with Crippen molar-refractivity contribution in [1.82, 2.24) is 20.7 Å². The van der Waals surface area contributed by atoms with E-state index in [-0.39, 0.29) is 37.9 Å². The average Bonchev–Trinajstić information content (AvgIpc) is 3.07. The van der Waals surface area contributed by atoms with Crippen LogP contribution in [-0.4, -0.2) is 80.6 Å². The van der Waals surface area contributed by atoms with Crippen molar-refractivity contribution in [1.29, 1.82) is 0 Å². The van der Waals surface area contributed by atoms with Gasteiger partial charge in [-0.05, 0) is 49.7 Å². The fourth-order valence-electron chi connectivity index (χ4n) is 4.82. The number of hydrogen-bond acceptors (Lipinski definition) is 10. The van der Waals surface area contributed by atoms with Gasteiger partial charge in [-0.1, -0.05) is 88.4 Å². The second kappa shape index (κ2) is 19.5. The lowest BCUT2D eigenvalue weighted by atomic mass is 9.89. The molecular formula is C34H52N6O8. The molecule has 14 nitrogen and oxygen atoms in total. The maximum Gasteiger partial charge on any atom is 0.425 e. The molecule has 14 heteroatoms. The van der Waals surface area contributed by atoms with E-state index in [1.807, 2.05) is 39.8 Å². The normalized spacial score (nSPS) is 15.0. The maximum absolute atomic E-state index is 13.2. The van der Waals surface area contributed by atoms with Crippen molar-refractivity contribution in [2.24, 2.45) is 23.5 Å². The Morgan fingerprint density at radius 1 is 0.625 bits per heavy atom. The summed E-state index contributed by atoms with van der Waals surface area (Å²) in [6, 6.07) is 13.6. The number of hydrazine groups is 2. The summed E-state index contributed by atoms with van der Waals surface area (Å²) < 4.78 is 10.4. The highest BCUT2D eigenvalue weighted by Gasteiger charge is 2.37. The van der Waals surface area contributed by atoms with Crippen molar-refractivity contribution in [3.05, 3.63) is 71.8 Å². The molecule has 0 spiro atoms. The molecule has 0 saturated heterocycles. The van der Waals surface area contributed by atoms with Gasteiger partial charge in [0.1, 0.15) is 37.5 Å². The quantitative estimate of drug-likeness (QED) is 0.0822. The largest absolute Gasteiger partial charge is 0.444 e. The van der Waals surface area contributed by atoms with E-state index in [1.54, 1.807) is 48.5 Å². The molecule has 2 rings (SSSR count). The third-order valence-electron chi connectivity index (χ3n) is 7.71. The van der Waals surface area contributed by atoms with E-state index in [2.05, 4.69) is 10.6 Å². The van der Waals surface area contributed by atoms with Crippen LogP contribution in [0.3, 0.4) is 0 Å². The topological polar surface area (TPSA) is 210 Å². The van der Waals surface area contributed by atoms with Crippen LogP contribution in [-0.2, 0) is 32.3 Å². The minimum absolute atomic E-state index is 0.0249. The monoisotopic (exact) mass is 672 g/mol. The summed E-state index contributed by atoms with van der Waals surface area (Å²) in [6.07, 6.45) is -4.42. The van der Waals surface area contributed by atoms with Crippen molar-refractivity contribution in [3.8, 4) is 0 Å². The van der Waals surface area contributed by atoms with Crippen molar-refractivity contribution in [2.75, 3.05) is 0 Å². The first kappa shape index (κ1) is 39.9. The van der Waals surface area contributed by atoms with Gasteiger partial charge < -0.3 is 30.3 Å². The van der Waals surface area contributed by atoms with Gasteiger partial charge in [0, 0.05) is 0 Å². The number of amides is 4. The zero-order chi connectivity index (χ0) is 36.0. The highest BCUT2D eigenvalue weighted by molar-refractivity contribution is 5.86. The average molecular weight is 673 g/mol. The first-order chi connectivity index (χ1) is 22.6. The van der Waals surface area contributed by atoms with Crippen molar-refractivity contribution in [3.63, 3.8) is 0 Å². The summed E-state index contributed by atoms with van der Waals surface area (Å²) in [7, 11) is 0. The van der Waals surface area contributed by atoms with Gasteiger partial charge in [0.05, 0.1) is 12.1 Å². The molecule has 0 aromatic heterocycles. The third kappa shape index (κ3) is 12.8. The van der Waals surface area contributed by atoms with Gasteiger partial charge in [-0.3, -0.25) is 9.59 Å². The molecule has 0 fully saturated rings. The molecule has 0 aliphatic carbocycles. The zero-order valence-corrected chi connectivity index (χ0v) is 28.6. The zero-order valence-electron chi connectivity index (χ0n) is 28.6. The van der Waals surface area contributed by atoms with E-state index in [4.69, 9.17) is 21.2 Å². The first-order valence-electron chi connectivity index (χ1n) is 16.1. The lowest BCUT2D eigenvalue weighted by Gasteiger charge is -2.35. The second-order valence-electron chi connectivity index (χ2n) is 12.7. The first-order valence-corrected chi connectivity index (χ1v) is 16.1. The lowest BCUT2D eigenvalue weighted by Crippen LogP contribution is -2.61. The Balaban J connectivity index is 2.08. The summed E-state index contributed by atoms with van der Waals surface area (Å²) in [4.78, 5) is 51.5. The van der Waals surface area contributed by atoms with Crippen LogP contribution in [0.2, 0.25) is 0 Å². The Morgan fingerprint density at radius 2 is 0.938 bits per heavy atom. The maximum atomic E-state index is 13.2. The summed E-state index contributed by atoms with van der Waals surface area (Å²) in [5, 5.41) is 29.4. The summed E-state index contributed by atoms with van der Waals surface area (Å²) in [6.45, 7) is 10.2. The van der Waals surface area contributed by atoms with E-state index in [9.17, 15) is 29.4 Å². The molecular weight excluding hydrogens is 620 g/mol. The Hall–Kier alpha value is -4.24. The number of benzene rings is 2. The minimum Gasteiger partial charge on any atom is -0.444 e. The standard InChI is InChI=1S/C34H52N6O8/c1-21(2)17-27(37-31(43)23(5)39(35)33(45)47-19-25-13-9-7-10-14-25)29(41)30(42)28(18-22(3)4)38-32(44)24(6)40(36)34(46)48-20-26-15-11-8-12-16-26/h7-16,21-24,27-30,41-42H,17-20,35-36H2,1-6H3,(H,37,43)(H,38,44)/t23?,24?,27-,28-,29+,30+/m0/s1. The molecule has 0 heterocycles. The third-order valence-corrected chi connectivity index (χ3v) is 7.71. The highest BCUT2D eigenvalue weighted by atomic mass is 16.6.